The molecule has 0 aliphatic heterocycles. The number of hydrazone groups is 1. The molecule has 0 atom stereocenters. The summed E-state index contributed by atoms with van der Waals surface area (Å²) in [6.07, 6.45) is 2.46. The van der Waals surface area contributed by atoms with Crippen molar-refractivity contribution in [2.75, 3.05) is 13.2 Å². The Labute approximate surface area is 199 Å². The minimum Gasteiger partial charge on any atom is -0.494 e. The number of benzene rings is 3. The molecule has 0 aromatic heterocycles. The number of hydrogen-bond acceptors (Lipinski definition) is 6. The van der Waals surface area contributed by atoms with Gasteiger partial charge < -0.3 is 14.2 Å². The van der Waals surface area contributed by atoms with Crippen molar-refractivity contribution in [1.29, 1.82) is 5.26 Å². The van der Waals surface area contributed by atoms with E-state index >= 15 is 0 Å². The quantitative estimate of drug-likeness (QED) is 0.320. The van der Waals surface area contributed by atoms with E-state index in [2.05, 4.69) is 16.6 Å². The summed E-state index contributed by atoms with van der Waals surface area (Å²) in [5.74, 6) is 1.56. The van der Waals surface area contributed by atoms with Crippen LogP contribution in [-0.4, -0.2) is 25.3 Å². The van der Waals surface area contributed by atoms with E-state index in [1.807, 2.05) is 32.0 Å². The highest BCUT2D eigenvalue weighted by Crippen LogP contribution is 2.29. The molecule has 0 radical (unpaired) electrons. The number of amides is 1. The van der Waals surface area contributed by atoms with Crippen molar-refractivity contribution in [2.24, 2.45) is 5.10 Å². The van der Waals surface area contributed by atoms with Crippen molar-refractivity contribution < 1.29 is 19.0 Å². The Morgan fingerprint density at radius 2 is 1.82 bits per heavy atom. The molecule has 0 aliphatic carbocycles. The summed E-state index contributed by atoms with van der Waals surface area (Å²) >= 11 is 0. The minimum absolute atomic E-state index is 0.307. The van der Waals surface area contributed by atoms with E-state index in [4.69, 9.17) is 19.5 Å². The monoisotopic (exact) mass is 457 g/mol. The smallest absolute Gasteiger partial charge is 0.271 e. The van der Waals surface area contributed by atoms with E-state index in [1.165, 1.54) is 0 Å². The van der Waals surface area contributed by atoms with Crippen LogP contribution in [0.3, 0.4) is 0 Å². The topological polar surface area (TPSA) is 92.9 Å². The second kappa shape index (κ2) is 12.7. The molecule has 0 unspecified atom stereocenters. The van der Waals surface area contributed by atoms with Crippen LogP contribution >= 0.6 is 0 Å². The first kappa shape index (κ1) is 24.3. The number of nitrogens with zero attached hydrogens (tertiary/aromatic N) is 2. The number of carbonyl (C=O) groups excluding carboxylic acids is 1. The van der Waals surface area contributed by atoms with Crippen molar-refractivity contribution in [1.82, 2.24) is 5.43 Å². The first-order valence-corrected chi connectivity index (χ1v) is 11.1. The summed E-state index contributed by atoms with van der Waals surface area (Å²) in [7, 11) is 0. The van der Waals surface area contributed by atoms with Crippen molar-refractivity contribution in [3.63, 3.8) is 0 Å². The third-order valence-corrected chi connectivity index (χ3v) is 4.69. The highest BCUT2D eigenvalue weighted by molar-refractivity contribution is 5.95. The summed E-state index contributed by atoms with van der Waals surface area (Å²) in [5.41, 5.74) is 5.23. The predicted molar refractivity (Wildman–Crippen MR) is 130 cm³/mol. The van der Waals surface area contributed by atoms with Crippen molar-refractivity contribution in [3.05, 3.63) is 89.0 Å². The molecule has 0 bridgehead atoms. The first-order chi connectivity index (χ1) is 16.6. The predicted octanol–water partition coefficient (Wildman–Crippen LogP) is 5.09. The van der Waals surface area contributed by atoms with Gasteiger partial charge in [-0.25, -0.2) is 5.43 Å². The van der Waals surface area contributed by atoms with E-state index < -0.39 is 0 Å². The van der Waals surface area contributed by atoms with Crippen LogP contribution in [0.2, 0.25) is 0 Å². The summed E-state index contributed by atoms with van der Waals surface area (Å²) in [4.78, 5) is 12.3. The van der Waals surface area contributed by atoms with E-state index in [0.29, 0.717) is 42.4 Å². The lowest BCUT2D eigenvalue weighted by Crippen LogP contribution is -2.17. The third-order valence-electron chi connectivity index (χ3n) is 4.69. The zero-order chi connectivity index (χ0) is 24.2. The Balaban J connectivity index is 1.61. The molecule has 7 nitrogen and oxygen atoms in total. The van der Waals surface area contributed by atoms with Gasteiger partial charge in [0.05, 0.1) is 31.1 Å². The largest absolute Gasteiger partial charge is 0.494 e. The van der Waals surface area contributed by atoms with Gasteiger partial charge in [-0.2, -0.15) is 10.4 Å². The average Bonchev–Trinajstić information content (AvgIpc) is 2.87. The van der Waals surface area contributed by atoms with Crippen LogP contribution in [0.5, 0.6) is 17.2 Å². The second-order valence-electron chi connectivity index (χ2n) is 7.31. The summed E-state index contributed by atoms with van der Waals surface area (Å²) in [6, 6.07) is 21.7. The maximum atomic E-state index is 12.3. The molecule has 0 aliphatic rings. The summed E-state index contributed by atoms with van der Waals surface area (Å²) < 4.78 is 17.1. The lowest BCUT2D eigenvalue weighted by atomic mass is 10.1. The standard InChI is InChI=1S/C27H27N3O4/c1-3-14-33-24-11-9-23(10-12-24)27(31)30-29-18-21-8-13-25(26(16-21)32-4-2)34-19-22-7-5-6-20(15-22)17-28/h5-13,15-16,18H,3-4,14,19H2,1-2H3,(H,30,31)/b29-18+. The summed E-state index contributed by atoms with van der Waals surface area (Å²) in [6.45, 7) is 5.34. The molecule has 1 N–H and O–H groups in total. The van der Waals surface area contributed by atoms with E-state index in [-0.39, 0.29) is 5.91 Å². The van der Waals surface area contributed by atoms with Gasteiger partial charge in [0.15, 0.2) is 11.5 Å². The molecule has 174 valence electrons. The molecule has 7 heteroatoms. The fourth-order valence-corrected chi connectivity index (χ4v) is 3.04. The highest BCUT2D eigenvalue weighted by atomic mass is 16.5. The van der Waals surface area contributed by atoms with Crippen molar-refractivity contribution >= 4 is 12.1 Å². The van der Waals surface area contributed by atoms with Gasteiger partial charge in [-0.15, -0.1) is 0 Å². The molecule has 3 aromatic carbocycles. The van der Waals surface area contributed by atoms with Gasteiger partial charge in [-0.3, -0.25) is 4.79 Å². The summed E-state index contributed by atoms with van der Waals surface area (Å²) in [5, 5.41) is 13.1. The van der Waals surface area contributed by atoms with E-state index in [9.17, 15) is 4.79 Å². The van der Waals surface area contributed by atoms with Gasteiger partial charge in [0.1, 0.15) is 12.4 Å². The van der Waals surface area contributed by atoms with Crippen LogP contribution in [0, 0.1) is 11.3 Å². The van der Waals surface area contributed by atoms with E-state index in [0.717, 1.165) is 23.3 Å². The second-order valence-corrected chi connectivity index (χ2v) is 7.31. The van der Waals surface area contributed by atoms with Crippen LogP contribution in [0.25, 0.3) is 0 Å². The van der Waals surface area contributed by atoms with Gasteiger partial charge in [-0.05, 0) is 79.1 Å². The normalized spacial score (nSPS) is 10.5. The maximum absolute atomic E-state index is 12.3. The zero-order valence-electron chi connectivity index (χ0n) is 19.3. The number of hydrogen-bond donors (Lipinski definition) is 1. The average molecular weight is 458 g/mol. The Kier molecular flexibility index (Phi) is 9.06. The molecule has 3 aromatic rings. The Hall–Kier alpha value is -4.31. The first-order valence-electron chi connectivity index (χ1n) is 11.1. The Morgan fingerprint density at radius 3 is 2.56 bits per heavy atom. The lowest BCUT2D eigenvalue weighted by molar-refractivity contribution is 0.0955. The molecule has 0 fully saturated rings. The number of nitriles is 1. The van der Waals surface area contributed by atoms with Gasteiger partial charge in [0, 0.05) is 5.56 Å². The number of nitrogens with one attached hydrogen (secondary N) is 1. The Morgan fingerprint density at radius 1 is 1.00 bits per heavy atom. The molecule has 34 heavy (non-hydrogen) atoms. The number of ether oxygens (including phenoxy) is 3. The van der Waals surface area contributed by atoms with Gasteiger partial charge in [0.25, 0.3) is 5.91 Å². The molecular weight excluding hydrogens is 430 g/mol. The van der Waals surface area contributed by atoms with Gasteiger partial charge in [0.2, 0.25) is 0 Å². The fraction of sp³-hybridized carbons (Fsp3) is 0.222. The van der Waals surface area contributed by atoms with Gasteiger partial charge >= 0.3 is 0 Å². The third kappa shape index (κ3) is 7.10. The molecule has 0 spiro atoms. The molecule has 3 rings (SSSR count). The number of carbonyl (C=O) groups is 1. The molecule has 0 heterocycles. The van der Waals surface area contributed by atoms with Crippen LogP contribution in [0.4, 0.5) is 0 Å². The SMILES string of the molecule is CCCOc1ccc(C(=O)N/N=C/c2ccc(OCc3cccc(C#N)c3)c(OCC)c2)cc1. The highest BCUT2D eigenvalue weighted by Gasteiger charge is 2.08. The van der Waals surface area contributed by atoms with Crippen molar-refractivity contribution in [3.8, 4) is 23.3 Å². The molecule has 1 amide bonds. The molecular formula is C27H27N3O4. The lowest BCUT2D eigenvalue weighted by Gasteiger charge is -2.12. The maximum Gasteiger partial charge on any atom is 0.271 e. The number of rotatable bonds is 11. The fourth-order valence-electron chi connectivity index (χ4n) is 3.04. The van der Waals surface area contributed by atoms with Crippen LogP contribution < -0.4 is 19.6 Å². The van der Waals surface area contributed by atoms with Crippen LogP contribution in [0.15, 0.2) is 71.8 Å². The van der Waals surface area contributed by atoms with Gasteiger partial charge in [-0.1, -0.05) is 19.1 Å². The van der Waals surface area contributed by atoms with Crippen LogP contribution in [0.1, 0.15) is 47.3 Å². The molecule has 0 saturated carbocycles. The molecule has 0 saturated heterocycles. The Bertz CT molecular complexity index is 1170. The zero-order valence-corrected chi connectivity index (χ0v) is 19.3. The van der Waals surface area contributed by atoms with Crippen LogP contribution in [-0.2, 0) is 6.61 Å². The van der Waals surface area contributed by atoms with Crippen molar-refractivity contribution in [2.45, 2.75) is 26.9 Å². The minimum atomic E-state index is -0.317. The van der Waals surface area contributed by atoms with E-state index in [1.54, 1.807) is 54.7 Å².